The molecule has 0 radical (unpaired) electrons. The van der Waals surface area contributed by atoms with Crippen LogP contribution in [0.25, 0.3) is 0 Å². The molecule has 0 aromatic rings. The Hall–Kier alpha value is -0.340. The van der Waals surface area contributed by atoms with Crippen LogP contribution in [0.1, 0.15) is 38.5 Å². The first-order valence-corrected chi connectivity index (χ1v) is 5.23. The lowest BCUT2D eigenvalue weighted by Gasteiger charge is -2.21. The van der Waals surface area contributed by atoms with E-state index in [0.717, 1.165) is 38.5 Å². The van der Waals surface area contributed by atoms with Gasteiger partial charge in [-0.05, 0) is 38.5 Å². The highest BCUT2D eigenvalue weighted by molar-refractivity contribution is 4.70. The van der Waals surface area contributed by atoms with Gasteiger partial charge >= 0.3 is 0 Å². The molecule has 0 unspecified atom stereocenters. The molecule has 76 valence electrons. The molecule has 0 aliphatic heterocycles. The minimum Gasteiger partial charge on any atom is -0.393 e. The monoisotopic (exact) mass is 184 g/mol. The van der Waals surface area contributed by atoms with E-state index in [4.69, 9.17) is 4.74 Å². The van der Waals surface area contributed by atoms with Crippen LogP contribution in [-0.2, 0) is 4.74 Å². The summed E-state index contributed by atoms with van der Waals surface area (Å²) in [6.07, 6.45) is 8.35. The summed E-state index contributed by atoms with van der Waals surface area (Å²) in [4.78, 5) is 0. The molecule has 0 heterocycles. The van der Waals surface area contributed by atoms with E-state index in [9.17, 15) is 5.11 Å². The highest BCUT2D eigenvalue weighted by Crippen LogP contribution is 2.19. The maximum absolute atomic E-state index is 9.42. The predicted octanol–water partition coefficient (Wildman–Crippen LogP) is 2.27. The van der Waals surface area contributed by atoms with Crippen molar-refractivity contribution in [2.75, 3.05) is 6.61 Å². The highest BCUT2D eigenvalue weighted by Gasteiger charge is 2.14. The van der Waals surface area contributed by atoms with Gasteiger partial charge in [-0.1, -0.05) is 6.08 Å². The molecule has 0 aromatic heterocycles. The second kappa shape index (κ2) is 6.17. The van der Waals surface area contributed by atoms with E-state index in [0.29, 0.717) is 12.7 Å². The summed E-state index contributed by atoms with van der Waals surface area (Å²) in [6, 6.07) is 0. The number of aliphatic hydroxyl groups is 1. The van der Waals surface area contributed by atoms with Crippen LogP contribution in [0.4, 0.5) is 0 Å². The average molecular weight is 184 g/mol. The highest BCUT2D eigenvalue weighted by atomic mass is 16.5. The van der Waals surface area contributed by atoms with Crippen molar-refractivity contribution in [3.05, 3.63) is 12.7 Å². The third-order valence-corrected chi connectivity index (χ3v) is 2.58. The summed E-state index contributed by atoms with van der Waals surface area (Å²) in [5.41, 5.74) is 0. The quantitative estimate of drug-likeness (QED) is 0.682. The van der Waals surface area contributed by atoms with Crippen molar-refractivity contribution in [1.82, 2.24) is 0 Å². The van der Waals surface area contributed by atoms with Crippen molar-refractivity contribution >= 4 is 0 Å². The topological polar surface area (TPSA) is 29.5 Å². The fraction of sp³-hybridized carbons (Fsp3) is 0.818. The summed E-state index contributed by atoms with van der Waals surface area (Å²) in [7, 11) is 0. The number of rotatable bonds is 3. The molecule has 0 aromatic carbocycles. The SMILES string of the molecule is C=CCOC1CCCC(O)CCC1. The van der Waals surface area contributed by atoms with Crippen molar-refractivity contribution in [3.63, 3.8) is 0 Å². The van der Waals surface area contributed by atoms with Gasteiger partial charge in [-0.15, -0.1) is 6.58 Å². The van der Waals surface area contributed by atoms with E-state index >= 15 is 0 Å². The van der Waals surface area contributed by atoms with E-state index in [1.165, 1.54) is 0 Å². The number of ether oxygens (including phenoxy) is 1. The molecule has 1 aliphatic carbocycles. The Bertz CT molecular complexity index is 135. The molecular weight excluding hydrogens is 164 g/mol. The van der Waals surface area contributed by atoms with E-state index in [2.05, 4.69) is 6.58 Å². The smallest absolute Gasteiger partial charge is 0.0648 e. The van der Waals surface area contributed by atoms with Crippen molar-refractivity contribution < 1.29 is 9.84 Å². The fourth-order valence-corrected chi connectivity index (χ4v) is 1.82. The first-order chi connectivity index (χ1) is 6.33. The van der Waals surface area contributed by atoms with Gasteiger partial charge in [-0.2, -0.15) is 0 Å². The first-order valence-electron chi connectivity index (χ1n) is 5.23. The van der Waals surface area contributed by atoms with Crippen LogP contribution in [-0.4, -0.2) is 23.9 Å². The van der Waals surface area contributed by atoms with Gasteiger partial charge in [-0.3, -0.25) is 0 Å². The predicted molar refractivity (Wildman–Crippen MR) is 53.6 cm³/mol. The third kappa shape index (κ3) is 4.44. The molecule has 1 aliphatic rings. The molecule has 0 saturated heterocycles. The molecule has 1 saturated carbocycles. The summed E-state index contributed by atoms with van der Waals surface area (Å²) in [5, 5.41) is 9.42. The Morgan fingerprint density at radius 3 is 2.38 bits per heavy atom. The van der Waals surface area contributed by atoms with E-state index in [1.807, 2.05) is 0 Å². The number of hydrogen-bond donors (Lipinski definition) is 1. The second-order valence-electron chi connectivity index (χ2n) is 3.76. The van der Waals surface area contributed by atoms with Crippen molar-refractivity contribution in [2.24, 2.45) is 0 Å². The number of aliphatic hydroxyl groups excluding tert-OH is 1. The Morgan fingerprint density at radius 1 is 1.23 bits per heavy atom. The standard InChI is InChI=1S/C11H20O2/c1-2-9-13-11-7-3-5-10(12)6-4-8-11/h2,10-12H,1,3-9H2. The van der Waals surface area contributed by atoms with Gasteiger partial charge in [0.15, 0.2) is 0 Å². The van der Waals surface area contributed by atoms with Gasteiger partial charge in [0.1, 0.15) is 0 Å². The number of hydrogen-bond acceptors (Lipinski definition) is 2. The minimum atomic E-state index is -0.0691. The molecule has 2 heteroatoms. The first kappa shape index (κ1) is 10.7. The molecule has 1 N–H and O–H groups in total. The minimum absolute atomic E-state index is 0.0691. The Labute approximate surface area is 80.6 Å². The van der Waals surface area contributed by atoms with Crippen LogP contribution in [0.3, 0.4) is 0 Å². The maximum atomic E-state index is 9.42. The lowest BCUT2D eigenvalue weighted by atomic mass is 9.97. The summed E-state index contributed by atoms with van der Waals surface area (Å²) in [6.45, 7) is 4.29. The molecule has 0 atom stereocenters. The Kier molecular flexibility index (Phi) is 5.09. The van der Waals surface area contributed by atoms with E-state index in [-0.39, 0.29) is 6.10 Å². The molecule has 1 rings (SSSR count). The lowest BCUT2D eigenvalue weighted by molar-refractivity contribution is 0.0401. The summed E-state index contributed by atoms with van der Waals surface area (Å²) >= 11 is 0. The molecule has 0 bridgehead atoms. The van der Waals surface area contributed by atoms with Gasteiger partial charge in [0.05, 0.1) is 18.8 Å². The summed E-state index contributed by atoms with van der Waals surface area (Å²) in [5.74, 6) is 0. The normalized spacial score (nSPS) is 30.5. The maximum Gasteiger partial charge on any atom is 0.0648 e. The van der Waals surface area contributed by atoms with Crippen LogP contribution in [0.15, 0.2) is 12.7 Å². The van der Waals surface area contributed by atoms with Crippen LogP contribution >= 0.6 is 0 Å². The fourth-order valence-electron chi connectivity index (χ4n) is 1.82. The van der Waals surface area contributed by atoms with Crippen LogP contribution in [0.5, 0.6) is 0 Å². The molecule has 1 fully saturated rings. The van der Waals surface area contributed by atoms with E-state index < -0.39 is 0 Å². The van der Waals surface area contributed by atoms with Crippen LogP contribution in [0, 0.1) is 0 Å². The van der Waals surface area contributed by atoms with E-state index in [1.54, 1.807) is 6.08 Å². The average Bonchev–Trinajstić information content (AvgIpc) is 2.09. The molecule has 0 spiro atoms. The second-order valence-corrected chi connectivity index (χ2v) is 3.76. The summed E-state index contributed by atoms with van der Waals surface area (Å²) < 4.78 is 5.60. The van der Waals surface area contributed by atoms with Crippen molar-refractivity contribution in [1.29, 1.82) is 0 Å². The van der Waals surface area contributed by atoms with Gasteiger partial charge < -0.3 is 9.84 Å². The van der Waals surface area contributed by atoms with Crippen LogP contribution < -0.4 is 0 Å². The largest absolute Gasteiger partial charge is 0.393 e. The van der Waals surface area contributed by atoms with Gasteiger partial charge in [0.25, 0.3) is 0 Å². The molecule has 2 nitrogen and oxygen atoms in total. The Balaban J connectivity index is 2.20. The zero-order valence-corrected chi connectivity index (χ0v) is 8.24. The Morgan fingerprint density at radius 2 is 1.85 bits per heavy atom. The zero-order valence-electron chi connectivity index (χ0n) is 8.24. The lowest BCUT2D eigenvalue weighted by Crippen LogP contribution is -2.18. The van der Waals surface area contributed by atoms with Gasteiger partial charge in [-0.25, -0.2) is 0 Å². The zero-order chi connectivity index (χ0) is 9.52. The third-order valence-electron chi connectivity index (χ3n) is 2.58. The van der Waals surface area contributed by atoms with Crippen LogP contribution in [0.2, 0.25) is 0 Å². The van der Waals surface area contributed by atoms with Crippen molar-refractivity contribution in [3.8, 4) is 0 Å². The molecular formula is C11H20O2. The van der Waals surface area contributed by atoms with Gasteiger partial charge in [0, 0.05) is 0 Å². The van der Waals surface area contributed by atoms with Gasteiger partial charge in [0.2, 0.25) is 0 Å². The van der Waals surface area contributed by atoms with Crippen molar-refractivity contribution in [2.45, 2.75) is 50.7 Å². The molecule has 0 amide bonds. The molecule has 13 heavy (non-hydrogen) atoms.